The summed E-state index contributed by atoms with van der Waals surface area (Å²) in [6.45, 7) is 15.2. The Morgan fingerprint density at radius 3 is 2.22 bits per heavy atom. The van der Waals surface area contributed by atoms with E-state index in [0.717, 1.165) is 61.6 Å². The van der Waals surface area contributed by atoms with Crippen LogP contribution in [0.15, 0.2) is 102 Å². The van der Waals surface area contributed by atoms with Gasteiger partial charge in [0.1, 0.15) is 5.58 Å². The quantitative estimate of drug-likeness (QED) is 0.162. The number of aromatic nitrogens is 4. The second-order valence-corrected chi connectivity index (χ2v) is 15.2. The number of furan rings is 1. The van der Waals surface area contributed by atoms with Gasteiger partial charge in [0.25, 0.3) is 0 Å². The Morgan fingerprint density at radius 2 is 1.57 bits per heavy atom. The van der Waals surface area contributed by atoms with Crippen molar-refractivity contribution in [3.05, 3.63) is 143 Å². The zero-order chi connectivity index (χ0) is 40.1. The van der Waals surface area contributed by atoms with E-state index in [1.807, 2.05) is 43.6 Å². The van der Waals surface area contributed by atoms with E-state index in [1.165, 1.54) is 22.9 Å². The van der Waals surface area contributed by atoms with Crippen molar-refractivity contribution in [2.45, 2.75) is 79.5 Å². The Bertz CT molecular complexity index is 2680. The molecule has 4 aromatic heterocycles. The van der Waals surface area contributed by atoms with Gasteiger partial charge in [-0.15, -0.1) is 42.0 Å². The van der Waals surface area contributed by atoms with E-state index >= 15 is 0 Å². The normalized spacial score (nSPS) is 12.8. The van der Waals surface area contributed by atoms with Crippen LogP contribution in [0.1, 0.15) is 92.2 Å². The number of benzene rings is 4. The maximum absolute atomic E-state index is 13.8. The number of halogens is 1. The Labute approximate surface area is 335 Å². The maximum atomic E-state index is 13.8. The summed E-state index contributed by atoms with van der Waals surface area (Å²) in [6.07, 6.45) is 5.55. The Hall–Kier alpha value is -4.97. The summed E-state index contributed by atoms with van der Waals surface area (Å²) >= 11 is 0. The van der Waals surface area contributed by atoms with Crippen LogP contribution in [0, 0.1) is 31.7 Å². The van der Waals surface area contributed by atoms with Gasteiger partial charge in [-0.3, -0.25) is 14.4 Å². The molecule has 0 spiro atoms. The Balaban J connectivity index is 0.000000244. The fourth-order valence-electron chi connectivity index (χ4n) is 6.84. The smallest absolute Gasteiger partial charge is 0.120 e. The molecule has 0 fully saturated rings. The fraction of sp³-hybridized carbons (Fsp3) is 0.255. The molecule has 8 aromatic rings. The van der Waals surface area contributed by atoms with Crippen molar-refractivity contribution in [1.29, 1.82) is 0 Å². The van der Waals surface area contributed by atoms with Gasteiger partial charge in [0.15, 0.2) is 0 Å². The third-order valence-electron chi connectivity index (χ3n) is 9.57. The van der Waals surface area contributed by atoms with Gasteiger partial charge in [-0.2, -0.15) is 0 Å². The van der Waals surface area contributed by atoms with Crippen LogP contribution < -0.4 is 0 Å². The third kappa shape index (κ3) is 7.28. The predicted molar refractivity (Wildman–Crippen MR) is 215 cm³/mol. The van der Waals surface area contributed by atoms with E-state index in [9.17, 15) is 4.39 Å². The molecule has 0 saturated carbocycles. The zero-order valence-electron chi connectivity index (χ0n) is 34.8. The van der Waals surface area contributed by atoms with Crippen LogP contribution in [-0.4, -0.2) is 19.5 Å². The average Bonchev–Trinajstić information content (AvgIpc) is 3.73. The molecule has 4 aromatic carbocycles. The molecule has 277 valence electrons. The molecule has 0 unspecified atom stereocenters. The first-order valence-corrected chi connectivity index (χ1v) is 18.0. The van der Waals surface area contributed by atoms with Gasteiger partial charge >= 0.3 is 0 Å². The van der Waals surface area contributed by atoms with Gasteiger partial charge < -0.3 is 14.0 Å². The first kappa shape index (κ1) is 34.8. The number of fused-ring (bicyclic) bond motifs is 4. The van der Waals surface area contributed by atoms with Gasteiger partial charge in [0, 0.05) is 59.1 Å². The molecule has 0 atom stereocenters. The molecule has 1 radical (unpaired) electrons. The summed E-state index contributed by atoms with van der Waals surface area (Å²) in [5.41, 5.74) is 10.8. The standard InChI is InChI=1S/C34H34N3O.C13H11FN.Ir/c1-20(2)22-13-10-14-23(21(3)4)31(22)37-28-19-35-18-27(34(5,6)7)30(28)36-33(37)26-16-11-15-25-24-12-8-9-17-29(24)38-32(25)26;1-9-3-5-11(12(14)7-9)13-6-4-10(2)8-15-13;/h8-15,17-21H,1-7H3;3-4,6-8H,1-2H3;/q2*-1;/i;1D3;. The summed E-state index contributed by atoms with van der Waals surface area (Å²) in [5.74, 6) is 0.871. The molecular formula is C47H45FIrN4O-2. The molecule has 0 bridgehead atoms. The Kier molecular flexibility index (Phi) is 9.92. The number of imidazole rings is 1. The molecule has 0 aliphatic rings. The van der Waals surface area contributed by atoms with Crippen LogP contribution in [0.3, 0.4) is 0 Å². The van der Waals surface area contributed by atoms with E-state index in [2.05, 4.69) is 107 Å². The molecule has 0 saturated heterocycles. The van der Waals surface area contributed by atoms with Crippen LogP contribution in [0.25, 0.3) is 61.3 Å². The van der Waals surface area contributed by atoms with E-state index in [1.54, 1.807) is 12.3 Å². The van der Waals surface area contributed by atoms with Crippen LogP contribution >= 0.6 is 0 Å². The minimum Gasteiger partial charge on any atom is -0.501 e. The van der Waals surface area contributed by atoms with Crippen molar-refractivity contribution in [3.63, 3.8) is 0 Å². The fourth-order valence-corrected chi connectivity index (χ4v) is 6.84. The molecule has 7 heteroatoms. The van der Waals surface area contributed by atoms with Crippen molar-refractivity contribution >= 4 is 33.0 Å². The minimum atomic E-state index is -2.32. The van der Waals surface area contributed by atoms with Gasteiger partial charge in [-0.05, 0) is 52.6 Å². The Morgan fingerprint density at radius 1 is 0.833 bits per heavy atom. The molecule has 0 aliphatic heterocycles. The van der Waals surface area contributed by atoms with Gasteiger partial charge in [-0.25, -0.2) is 0 Å². The molecule has 4 heterocycles. The van der Waals surface area contributed by atoms with E-state index in [0.29, 0.717) is 17.5 Å². The number of nitrogens with zero attached hydrogens (tertiary/aromatic N) is 4. The van der Waals surface area contributed by atoms with E-state index < -0.39 is 12.7 Å². The number of rotatable bonds is 5. The number of hydrogen-bond acceptors (Lipinski definition) is 4. The number of pyridine rings is 2. The summed E-state index contributed by atoms with van der Waals surface area (Å²) in [4.78, 5) is 14.2. The van der Waals surface area contributed by atoms with Crippen LogP contribution in [0.2, 0.25) is 0 Å². The third-order valence-corrected chi connectivity index (χ3v) is 9.57. The monoisotopic (exact) mass is 896 g/mol. The molecule has 0 aliphatic carbocycles. The first-order chi connectivity index (χ1) is 26.5. The topological polar surface area (TPSA) is 56.7 Å². The van der Waals surface area contributed by atoms with E-state index in [4.69, 9.17) is 18.5 Å². The average molecular weight is 896 g/mol. The predicted octanol–water partition coefficient (Wildman–Crippen LogP) is 12.6. The van der Waals surface area contributed by atoms with Crippen LogP contribution in [-0.2, 0) is 25.5 Å². The van der Waals surface area contributed by atoms with Crippen LogP contribution in [0.5, 0.6) is 0 Å². The molecule has 0 N–H and O–H groups in total. The SMILES string of the molecule is CC(C)c1cccc(C(C)C)c1-n1c(-c2[c-]ccc3c2oc2ccccc23)nc2c(C(C)(C)C)cncc21.[2H]C([2H])([2H])c1c[c-]c(-c2ccc(C)cn2)c(F)c1.[Ir]. The first-order valence-electron chi connectivity index (χ1n) is 19.5. The van der Waals surface area contributed by atoms with Gasteiger partial charge in [0.05, 0.1) is 28.6 Å². The van der Waals surface area contributed by atoms with Crippen molar-refractivity contribution in [3.8, 4) is 28.3 Å². The molecule has 5 nitrogen and oxygen atoms in total. The molecular weight excluding hydrogens is 848 g/mol. The molecule has 54 heavy (non-hydrogen) atoms. The summed E-state index contributed by atoms with van der Waals surface area (Å²) in [7, 11) is 0. The van der Waals surface area contributed by atoms with Crippen molar-refractivity contribution in [2.75, 3.05) is 0 Å². The summed E-state index contributed by atoms with van der Waals surface area (Å²) in [5, 5.41) is 2.17. The molecule has 0 amide bonds. The second kappa shape index (κ2) is 15.4. The summed E-state index contributed by atoms with van der Waals surface area (Å²) < 4.78 is 44.3. The van der Waals surface area contributed by atoms with Gasteiger partial charge in [0.2, 0.25) is 0 Å². The molecule has 8 rings (SSSR count). The van der Waals surface area contributed by atoms with Crippen molar-refractivity contribution < 1.29 is 33.0 Å². The van der Waals surface area contributed by atoms with Crippen LogP contribution in [0.4, 0.5) is 4.39 Å². The summed E-state index contributed by atoms with van der Waals surface area (Å²) in [6, 6.07) is 30.9. The minimum absolute atomic E-state index is 0. The van der Waals surface area contributed by atoms with Crippen molar-refractivity contribution in [1.82, 2.24) is 19.5 Å². The number of aryl methyl sites for hydroxylation is 2. The van der Waals surface area contributed by atoms with Gasteiger partial charge in [-0.1, -0.05) is 120 Å². The van der Waals surface area contributed by atoms with E-state index in [-0.39, 0.29) is 36.6 Å². The number of hydrogen-bond donors (Lipinski definition) is 0. The zero-order valence-corrected chi connectivity index (χ0v) is 34.2. The van der Waals surface area contributed by atoms with Crippen molar-refractivity contribution in [2.24, 2.45) is 0 Å². The second-order valence-electron chi connectivity index (χ2n) is 15.2. The number of para-hydroxylation sites is 2. The maximum Gasteiger partial charge on any atom is 0.120 e. The largest absolute Gasteiger partial charge is 0.501 e.